The molecule has 2 nitrogen and oxygen atoms in total. The number of halogens is 2. The lowest BCUT2D eigenvalue weighted by Crippen LogP contribution is -2.29. The molecule has 0 amide bonds. The Kier molecular flexibility index (Phi) is 5.25. The van der Waals surface area contributed by atoms with E-state index in [0.29, 0.717) is 0 Å². The predicted molar refractivity (Wildman–Crippen MR) is 96.2 cm³/mol. The molecule has 0 aliphatic heterocycles. The first-order valence-electron chi connectivity index (χ1n) is 6.84. The molecule has 0 heterocycles. The van der Waals surface area contributed by atoms with Gasteiger partial charge in [-0.2, -0.15) is 0 Å². The number of nitrogens with two attached hydrogens (primary N) is 1. The van der Waals surface area contributed by atoms with Crippen LogP contribution in [-0.2, 0) is 5.41 Å². The van der Waals surface area contributed by atoms with E-state index >= 15 is 0 Å². The summed E-state index contributed by atoms with van der Waals surface area (Å²) in [5.41, 5.74) is 6.64. The zero-order chi connectivity index (χ0) is 15.6. The fourth-order valence-electron chi connectivity index (χ4n) is 2.30. The van der Waals surface area contributed by atoms with Crippen LogP contribution in [-0.4, -0.2) is 0 Å². The lowest BCUT2D eigenvalue weighted by atomic mass is 9.86. The van der Waals surface area contributed by atoms with Crippen molar-refractivity contribution in [1.29, 1.82) is 0 Å². The second-order valence-corrected chi connectivity index (χ2v) is 8.01. The van der Waals surface area contributed by atoms with Crippen molar-refractivity contribution in [3.05, 3.63) is 68.1 Å². The minimum Gasteiger partial charge on any atom is -0.271 e. The summed E-state index contributed by atoms with van der Waals surface area (Å²) in [6.45, 7) is 6.64. The average Bonchev–Trinajstić information content (AvgIpc) is 2.38. The van der Waals surface area contributed by atoms with Gasteiger partial charge < -0.3 is 0 Å². The fraction of sp³-hybridized carbons (Fsp3) is 0.294. The smallest absolute Gasteiger partial charge is 0.0710 e. The molecule has 0 bridgehead atoms. The molecule has 2 aromatic rings. The standard InChI is InChI=1S/C17H20Br2N2/c1-17(2,3)13-6-4-11(5-7-13)16(21-20)12-8-14(18)10-15(19)9-12/h4-10,16,21H,20H2,1-3H3. The van der Waals surface area contributed by atoms with Crippen molar-refractivity contribution in [2.24, 2.45) is 5.84 Å². The summed E-state index contributed by atoms with van der Waals surface area (Å²) >= 11 is 7.04. The largest absolute Gasteiger partial charge is 0.271 e. The van der Waals surface area contributed by atoms with Crippen LogP contribution in [0.4, 0.5) is 0 Å². The summed E-state index contributed by atoms with van der Waals surface area (Å²) in [5, 5.41) is 0. The summed E-state index contributed by atoms with van der Waals surface area (Å²) in [6.07, 6.45) is 0. The maximum atomic E-state index is 5.78. The Morgan fingerprint density at radius 3 is 1.86 bits per heavy atom. The number of hydrogen-bond acceptors (Lipinski definition) is 2. The molecule has 112 valence electrons. The Labute approximate surface area is 143 Å². The van der Waals surface area contributed by atoms with Crippen molar-refractivity contribution in [3.8, 4) is 0 Å². The molecule has 0 aromatic heterocycles. The van der Waals surface area contributed by atoms with Crippen LogP contribution in [0.5, 0.6) is 0 Å². The lowest BCUT2D eigenvalue weighted by molar-refractivity contribution is 0.588. The van der Waals surface area contributed by atoms with Crippen molar-refractivity contribution in [1.82, 2.24) is 5.43 Å². The van der Waals surface area contributed by atoms with E-state index in [9.17, 15) is 0 Å². The third kappa shape index (κ3) is 4.16. The van der Waals surface area contributed by atoms with E-state index in [0.717, 1.165) is 20.1 Å². The van der Waals surface area contributed by atoms with Crippen LogP contribution in [0.15, 0.2) is 51.4 Å². The molecule has 0 aliphatic carbocycles. The fourth-order valence-corrected chi connectivity index (χ4v) is 3.63. The Balaban J connectivity index is 2.37. The quantitative estimate of drug-likeness (QED) is 0.547. The molecule has 2 rings (SSSR count). The molecule has 0 fully saturated rings. The maximum Gasteiger partial charge on any atom is 0.0710 e. The van der Waals surface area contributed by atoms with E-state index < -0.39 is 0 Å². The Bertz CT molecular complexity index is 595. The van der Waals surface area contributed by atoms with E-state index in [4.69, 9.17) is 5.84 Å². The predicted octanol–water partition coefficient (Wildman–Crippen LogP) is 5.06. The second kappa shape index (κ2) is 6.61. The molecular weight excluding hydrogens is 392 g/mol. The van der Waals surface area contributed by atoms with E-state index in [-0.39, 0.29) is 11.5 Å². The summed E-state index contributed by atoms with van der Waals surface area (Å²) in [4.78, 5) is 0. The molecule has 0 saturated carbocycles. The molecule has 0 radical (unpaired) electrons. The van der Waals surface area contributed by atoms with Crippen molar-refractivity contribution in [2.75, 3.05) is 0 Å². The Hall–Kier alpha value is -0.680. The summed E-state index contributed by atoms with van der Waals surface area (Å²) in [5.74, 6) is 5.78. The topological polar surface area (TPSA) is 38.0 Å². The molecule has 0 spiro atoms. The summed E-state index contributed by atoms with van der Waals surface area (Å²) in [6, 6.07) is 14.8. The molecule has 0 aliphatic rings. The van der Waals surface area contributed by atoms with E-state index in [1.54, 1.807) is 0 Å². The Morgan fingerprint density at radius 1 is 0.905 bits per heavy atom. The Morgan fingerprint density at radius 2 is 1.43 bits per heavy atom. The monoisotopic (exact) mass is 410 g/mol. The summed E-state index contributed by atoms with van der Waals surface area (Å²) in [7, 11) is 0. The third-order valence-corrected chi connectivity index (χ3v) is 4.41. The zero-order valence-electron chi connectivity index (χ0n) is 12.5. The highest BCUT2D eigenvalue weighted by Gasteiger charge is 2.16. The van der Waals surface area contributed by atoms with Crippen LogP contribution >= 0.6 is 31.9 Å². The van der Waals surface area contributed by atoms with Gasteiger partial charge in [0.1, 0.15) is 0 Å². The van der Waals surface area contributed by atoms with Crippen LogP contribution in [0.2, 0.25) is 0 Å². The third-order valence-electron chi connectivity index (χ3n) is 3.49. The number of nitrogens with one attached hydrogen (secondary N) is 1. The second-order valence-electron chi connectivity index (χ2n) is 6.17. The molecule has 1 unspecified atom stereocenters. The van der Waals surface area contributed by atoms with E-state index in [1.165, 1.54) is 5.56 Å². The molecule has 21 heavy (non-hydrogen) atoms. The SMILES string of the molecule is CC(C)(C)c1ccc(C(NN)c2cc(Br)cc(Br)c2)cc1. The highest BCUT2D eigenvalue weighted by Crippen LogP contribution is 2.29. The van der Waals surface area contributed by atoms with Crippen LogP contribution in [0.3, 0.4) is 0 Å². The lowest BCUT2D eigenvalue weighted by Gasteiger charge is -2.22. The minimum atomic E-state index is -0.0344. The van der Waals surface area contributed by atoms with Gasteiger partial charge in [0.25, 0.3) is 0 Å². The van der Waals surface area contributed by atoms with Crippen molar-refractivity contribution in [3.63, 3.8) is 0 Å². The van der Waals surface area contributed by atoms with Crippen molar-refractivity contribution in [2.45, 2.75) is 32.2 Å². The van der Waals surface area contributed by atoms with Gasteiger partial charge in [-0.25, -0.2) is 5.43 Å². The van der Waals surface area contributed by atoms with Crippen LogP contribution in [0.25, 0.3) is 0 Å². The van der Waals surface area contributed by atoms with Gasteiger partial charge in [0.2, 0.25) is 0 Å². The van der Waals surface area contributed by atoms with Gasteiger partial charge in [0, 0.05) is 8.95 Å². The highest BCUT2D eigenvalue weighted by molar-refractivity contribution is 9.11. The number of hydrogen-bond donors (Lipinski definition) is 2. The van der Waals surface area contributed by atoms with Gasteiger partial charge in [-0.15, -0.1) is 0 Å². The molecule has 4 heteroatoms. The van der Waals surface area contributed by atoms with Crippen molar-refractivity contribution >= 4 is 31.9 Å². The first kappa shape index (κ1) is 16.7. The first-order chi connectivity index (χ1) is 9.81. The van der Waals surface area contributed by atoms with Crippen LogP contribution < -0.4 is 11.3 Å². The van der Waals surface area contributed by atoms with Gasteiger partial charge >= 0.3 is 0 Å². The summed E-state index contributed by atoms with van der Waals surface area (Å²) < 4.78 is 2.05. The number of rotatable bonds is 3. The molecule has 1 atom stereocenters. The van der Waals surface area contributed by atoms with Gasteiger partial charge in [0.15, 0.2) is 0 Å². The van der Waals surface area contributed by atoms with Gasteiger partial charge in [-0.05, 0) is 40.3 Å². The van der Waals surface area contributed by atoms with Crippen LogP contribution in [0.1, 0.15) is 43.5 Å². The van der Waals surface area contributed by atoms with Crippen molar-refractivity contribution < 1.29 is 0 Å². The van der Waals surface area contributed by atoms with E-state index in [2.05, 4.69) is 94.5 Å². The minimum absolute atomic E-state index is 0.0344. The highest BCUT2D eigenvalue weighted by atomic mass is 79.9. The molecule has 0 saturated heterocycles. The molecule has 2 aromatic carbocycles. The average molecular weight is 412 g/mol. The zero-order valence-corrected chi connectivity index (χ0v) is 15.6. The first-order valence-corrected chi connectivity index (χ1v) is 8.42. The number of hydrazine groups is 1. The maximum absolute atomic E-state index is 5.78. The van der Waals surface area contributed by atoms with Gasteiger partial charge in [-0.3, -0.25) is 5.84 Å². The van der Waals surface area contributed by atoms with Gasteiger partial charge in [-0.1, -0.05) is 76.9 Å². The molecule has 3 N–H and O–H groups in total. The van der Waals surface area contributed by atoms with Crippen LogP contribution in [0, 0.1) is 0 Å². The van der Waals surface area contributed by atoms with E-state index in [1.807, 2.05) is 6.07 Å². The molecular formula is C17H20Br2N2. The number of benzene rings is 2. The van der Waals surface area contributed by atoms with Gasteiger partial charge in [0.05, 0.1) is 6.04 Å². The normalized spacial score (nSPS) is 13.2.